The summed E-state index contributed by atoms with van der Waals surface area (Å²) in [6.45, 7) is 3.70. The molecule has 0 aromatic heterocycles. The van der Waals surface area contributed by atoms with Crippen molar-refractivity contribution in [2.45, 2.75) is 58.1 Å². The molecule has 0 radical (unpaired) electrons. The topological polar surface area (TPSA) is 202 Å². The summed E-state index contributed by atoms with van der Waals surface area (Å²) >= 11 is 0. The molecule has 194 valence electrons. The van der Waals surface area contributed by atoms with E-state index in [2.05, 4.69) is 20.1 Å². The van der Waals surface area contributed by atoms with Crippen LogP contribution in [0.2, 0.25) is 0 Å². The standard InChI is InChI=1S/C20H28N4O11/c1-10(25)22-17-14(23-24-21)8-15(20(29)30-5)35-19(17)18(32-7-6-31-11(2)26)16(34-13(4)28)9-33-12(3)27/h8,14,16-19H,6-7,9H2,1-5H3,(H,22,25)/t14-,16+,17+,18+,19+/m0/s1. The molecule has 0 aromatic rings. The molecule has 0 saturated heterocycles. The zero-order chi connectivity index (χ0) is 26.5. The lowest BCUT2D eigenvalue weighted by Crippen LogP contribution is -2.60. The van der Waals surface area contributed by atoms with E-state index in [0.29, 0.717) is 0 Å². The lowest BCUT2D eigenvalue weighted by atomic mass is 9.92. The van der Waals surface area contributed by atoms with Gasteiger partial charge in [-0.3, -0.25) is 19.2 Å². The predicted molar refractivity (Wildman–Crippen MR) is 114 cm³/mol. The number of hydrogen-bond acceptors (Lipinski definition) is 12. The highest BCUT2D eigenvalue weighted by molar-refractivity contribution is 5.86. The molecule has 1 aliphatic rings. The first-order valence-corrected chi connectivity index (χ1v) is 10.3. The molecule has 0 aliphatic carbocycles. The van der Waals surface area contributed by atoms with Crippen LogP contribution in [0.3, 0.4) is 0 Å². The van der Waals surface area contributed by atoms with E-state index in [0.717, 1.165) is 27.0 Å². The van der Waals surface area contributed by atoms with E-state index in [1.165, 1.54) is 13.8 Å². The molecule has 0 bridgehead atoms. The lowest BCUT2D eigenvalue weighted by Gasteiger charge is -2.41. The Bertz CT molecular complexity index is 884. The maximum atomic E-state index is 12.2. The summed E-state index contributed by atoms with van der Waals surface area (Å²) in [6, 6.07) is -2.27. The number of rotatable bonds is 12. The second kappa shape index (κ2) is 14.4. The van der Waals surface area contributed by atoms with Crippen LogP contribution in [-0.2, 0) is 52.4 Å². The van der Waals surface area contributed by atoms with E-state index in [9.17, 15) is 24.0 Å². The van der Waals surface area contributed by atoms with Gasteiger partial charge in [0.2, 0.25) is 11.7 Å². The van der Waals surface area contributed by atoms with Gasteiger partial charge in [0.1, 0.15) is 25.4 Å². The molecule has 1 N–H and O–H groups in total. The van der Waals surface area contributed by atoms with Gasteiger partial charge in [0.25, 0.3) is 0 Å². The normalized spacial score (nSPS) is 20.5. The molecular weight excluding hydrogens is 472 g/mol. The molecule has 5 atom stereocenters. The summed E-state index contributed by atoms with van der Waals surface area (Å²) in [6.07, 6.45) is -2.80. The summed E-state index contributed by atoms with van der Waals surface area (Å²) in [4.78, 5) is 61.2. The van der Waals surface area contributed by atoms with E-state index in [1.54, 1.807) is 0 Å². The molecular formula is C20H28N4O11. The summed E-state index contributed by atoms with van der Waals surface area (Å²) in [5.41, 5.74) is 9.03. The van der Waals surface area contributed by atoms with Crippen LogP contribution in [0, 0.1) is 0 Å². The number of hydrogen-bond donors (Lipinski definition) is 1. The number of carbonyl (C=O) groups excluding carboxylic acids is 5. The van der Waals surface area contributed by atoms with E-state index in [-0.39, 0.29) is 19.0 Å². The fraction of sp³-hybridized carbons (Fsp3) is 0.650. The minimum atomic E-state index is -1.33. The maximum Gasteiger partial charge on any atom is 0.372 e. The highest BCUT2D eigenvalue weighted by atomic mass is 16.6. The monoisotopic (exact) mass is 500 g/mol. The van der Waals surface area contributed by atoms with Crippen molar-refractivity contribution in [3.05, 3.63) is 22.3 Å². The van der Waals surface area contributed by atoms with Crippen LogP contribution in [0.25, 0.3) is 10.4 Å². The number of ether oxygens (including phenoxy) is 6. The summed E-state index contributed by atoms with van der Waals surface area (Å²) in [7, 11) is 1.10. The van der Waals surface area contributed by atoms with Gasteiger partial charge in [-0.25, -0.2) is 4.79 Å². The first-order valence-electron chi connectivity index (χ1n) is 10.3. The Balaban J connectivity index is 3.52. The second-order valence-corrected chi connectivity index (χ2v) is 7.15. The van der Waals surface area contributed by atoms with E-state index in [1.807, 2.05) is 0 Å². The molecule has 0 spiro atoms. The third kappa shape index (κ3) is 9.90. The van der Waals surface area contributed by atoms with Gasteiger partial charge in [0.15, 0.2) is 6.10 Å². The van der Waals surface area contributed by atoms with E-state index >= 15 is 0 Å². The van der Waals surface area contributed by atoms with Crippen molar-refractivity contribution < 1.29 is 52.4 Å². The molecule has 1 aliphatic heterocycles. The Labute approximate surface area is 200 Å². The number of carbonyl (C=O) groups is 5. The average Bonchev–Trinajstić information content (AvgIpc) is 2.77. The first-order chi connectivity index (χ1) is 16.5. The van der Waals surface area contributed by atoms with E-state index in [4.69, 9.17) is 29.2 Å². The molecule has 1 amide bonds. The second-order valence-electron chi connectivity index (χ2n) is 7.15. The fourth-order valence-electron chi connectivity index (χ4n) is 3.16. The van der Waals surface area contributed by atoms with Crippen LogP contribution in [0.4, 0.5) is 0 Å². The Kier molecular flexibility index (Phi) is 12.0. The van der Waals surface area contributed by atoms with Crippen molar-refractivity contribution in [1.29, 1.82) is 0 Å². The molecule has 0 saturated carbocycles. The van der Waals surface area contributed by atoms with Gasteiger partial charge in [-0.2, -0.15) is 0 Å². The van der Waals surface area contributed by atoms with Crippen molar-refractivity contribution in [3.63, 3.8) is 0 Å². The Hall–Kier alpha value is -3.84. The van der Waals surface area contributed by atoms with Crippen molar-refractivity contribution in [1.82, 2.24) is 5.32 Å². The SMILES string of the molecule is COC(=O)C1=C[C@H](N=[N+]=[N-])[C@@H](NC(C)=O)[C@H]([C@H](OCCOC(C)=O)[C@@H](COC(C)=O)OC(C)=O)O1. The van der Waals surface area contributed by atoms with Gasteiger partial charge >= 0.3 is 23.9 Å². The number of esters is 4. The molecule has 0 unspecified atom stereocenters. The van der Waals surface area contributed by atoms with Gasteiger partial charge < -0.3 is 33.7 Å². The third-order valence-electron chi connectivity index (χ3n) is 4.41. The van der Waals surface area contributed by atoms with Crippen LogP contribution in [0.1, 0.15) is 27.7 Å². The zero-order valence-electron chi connectivity index (χ0n) is 19.9. The zero-order valence-corrected chi connectivity index (χ0v) is 19.9. The van der Waals surface area contributed by atoms with Crippen LogP contribution in [0.15, 0.2) is 16.9 Å². The van der Waals surface area contributed by atoms with Gasteiger partial charge in [0.05, 0.1) is 25.8 Å². The van der Waals surface area contributed by atoms with Gasteiger partial charge in [-0.05, 0) is 11.6 Å². The Morgan fingerprint density at radius 1 is 1.09 bits per heavy atom. The third-order valence-corrected chi connectivity index (χ3v) is 4.41. The van der Waals surface area contributed by atoms with Crippen LogP contribution >= 0.6 is 0 Å². The molecule has 15 heteroatoms. The predicted octanol–water partition coefficient (Wildman–Crippen LogP) is 0.0688. The van der Waals surface area contributed by atoms with Crippen molar-refractivity contribution >= 4 is 29.8 Å². The van der Waals surface area contributed by atoms with Crippen molar-refractivity contribution in [2.24, 2.45) is 5.11 Å². The highest BCUT2D eigenvalue weighted by Gasteiger charge is 2.46. The number of nitrogens with one attached hydrogen (secondary N) is 1. The van der Waals surface area contributed by atoms with Crippen molar-refractivity contribution in [3.8, 4) is 0 Å². The van der Waals surface area contributed by atoms with Gasteiger partial charge in [-0.15, -0.1) is 0 Å². The smallest absolute Gasteiger partial charge is 0.372 e. The van der Waals surface area contributed by atoms with Crippen molar-refractivity contribution in [2.75, 3.05) is 26.9 Å². The quantitative estimate of drug-likeness (QED) is 0.0948. The van der Waals surface area contributed by atoms with Crippen LogP contribution in [-0.4, -0.2) is 87.1 Å². The van der Waals surface area contributed by atoms with Crippen LogP contribution in [0.5, 0.6) is 0 Å². The van der Waals surface area contributed by atoms with Crippen LogP contribution < -0.4 is 5.32 Å². The summed E-state index contributed by atoms with van der Waals surface area (Å²) in [5, 5.41) is 6.18. The fourth-order valence-corrected chi connectivity index (χ4v) is 3.16. The molecule has 0 aromatic carbocycles. The number of amides is 1. The Morgan fingerprint density at radius 2 is 1.74 bits per heavy atom. The largest absolute Gasteiger partial charge is 0.478 e. The summed E-state index contributed by atoms with van der Waals surface area (Å²) in [5.74, 6) is -3.86. The van der Waals surface area contributed by atoms with E-state index < -0.39 is 66.8 Å². The maximum absolute atomic E-state index is 12.2. The molecule has 0 fully saturated rings. The molecule has 1 heterocycles. The van der Waals surface area contributed by atoms with Gasteiger partial charge in [-0.1, -0.05) is 5.11 Å². The highest BCUT2D eigenvalue weighted by Crippen LogP contribution is 2.28. The summed E-state index contributed by atoms with van der Waals surface area (Å²) < 4.78 is 31.4. The Morgan fingerprint density at radius 3 is 2.26 bits per heavy atom. The molecule has 35 heavy (non-hydrogen) atoms. The lowest BCUT2D eigenvalue weighted by molar-refractivity contribution is -0.184. The number of azide groups is 1. The van der Waals surface area contributed by atoms with Gasteiger partial charge in [0, 0.05) is 32.6 Å². The number of nitrogens with zero attached hydrogens (tertiary/aromatic N) is 3. The average molecular weight is 500 g/mol. The minimum Gasteiger partial charge on any atom is -0.478 e. The molecule has 15 nitrogen and oxygen atoms in total. The minimum absolute atomic E-state index is 0.205. The number of methoxy groups -OCH3 is 1. The molecule has 1 rings (SSSR count). The first kappa shape index (κ1) is 29.2.